The van der Waals surface area contributed by atoms with Crippen molar-refractivity contribution < 1.29 is 9.72 Å². The van der Waals surface area contributed by atoms with Crippen LogP contribution in [0.1, 0.15) is 11.1 Å². The van der Waals surface area contributed by atoms with Gasteiger partial charge in [-0.3, -0.25) is 14.9 Å². The van der Waals surface area contributed by atoms with Crippen molar-refractivity contribution in [2.24, 2.45) is 5.10 Å². The van der Waals surface area contributed by atoms with Crippen molar-refractivity contribution in [1.29, 1.82) is 0 Å². The van der Waals surface area contributed by atoms with Crippen molar-refractivity contribution >= 4 is 52.2 Å². The second kappa shape index (κ2) is 10.3. The first kappa shape index (κ1) is 22.5. The molecule has 0 spiro atoms. The molecule has 0 bridgehead atoms. The third-order valence-corrected chi connectivity index (χ3v) is 6.04. The molecule has 0 atom stereocenters. The lowest BCUT2D eigenvalue weighted by atomic mass is 10.2. The number of fused-ring (bicyclic) bond motifs is 1. The van der Waals surface area contributed by atoms with Crippen LogP contribution in [0.5, 0.6) is 0 Å². The molecule has 0 saturated carbocycles. The Labute approximate surface area is 198 Å². The third-order valence-electron chi connectivity index (χ3n) is 4.72. The zero-order chi connectivity index (χ0) is 23.2. The van der Waals surface area contributed by atoms with Gasteiger partial charge < -0.3 is 4.57 Å². The zero-order valence-electron chi connectivity index (χ0n) is 17.2. The molecule has 1 aromatic heterocycles. The van der Waals surface area contributed by atoms with E-state index in [9.17, 15) is 14.9 Å². The number of aromatic nitrogens is 2. The van der Waals surface area contributed by atoms with Crippen molar-refractivity contribution in [2.75, 3.05) is 5.75 Å². The molecule has 1 heterocycles. The summed E-state index contributed by atoms with van der Waals surface area (Å²) in [5.74, 6) is -0.242. The number of halogens is 1. The molecule has 0 radical (unpaired) electrons. The molecule has 10 heteroatoms. The molecule has 1 amide bonds. The van der Waals surface area contributed by atoms with Gasteiger partial charge in [-0.1, -0.05) is 65.8 Å². The summed E-state index contributed by atoms with van der Waals surface area (Å²) in [7, 11) is 0. The minimum absolute atomic E-state index is 0.0954. The topological polar surface area (TPSA) is 102 Å². The lowest BCUT2D eigenvalue weighted by molar-refractivity contribution is -0.384. The average molecular weight is 480 g/mol. The number of nitro groups is 1. The van der Waals surface area contributed by atoms with Gasteiger partial charge in [0, 0.05) is 22.7 Å². The number of carbonyl (C=O) groups excluding carboxylic acids is 1. The SMILES string of the molecule is O=C(CSc1nc2ccccc2n1Cc1ccccc1)N/N=C\c1cc([N+](=O)[O-])ccc1Cl. The average Bonchev–Trinajstić information content (AvgIpc) is 3.17. The van der Waals surface area contributed by atoms with Gasteiger partial charge in [0.15, 0.2) is 5.16 Å². The number of nitrogens with zero attached hydrogens (tertiary/aromatic N) is 4. The fourth-order valence-corrected chi connectivity index (χ4v) is 4.13. The fourth-order valence-electron chi connectivity index (χ4n) is 3.16. The molecule has 3 aromatic carbocycles. The molecule has 1 N–H and O–H groups in total. The van der Waals surface area contributed by atoms with Crippen molar-refractivity contribution in [2.45, 2.75) is 11.7 Å². The van der Waals surface area contributed by atoms with Crippen LogP contribution in [0.4, 0.5) is 5.69 Å². The maximum Gasteiger partial charge on any atom is 0.270 e. The van der Waals surface area contributed by atoms with Gasteiger partial charge in [-0.05, 0) is 23.8 Å². The monoisotopic (exact) mass is 479 g/mol. The van der Waals surface area contributed by atoms with E-state index in [2.05, 4.69) is 20.1 Å². The van der Waals surface area contributed by atoms with Crippen LogP contribution in [0.2, 0.25) is 5.02 Å². The van der Waals surface area contributed by atoms with Crippen molar-refractivity contribution in [3.63, 3.8) is 0 Å². The normalized spacial score (nSPS) is 11.2. The molecule has 0 saturated heterocycles. The number of thioether (sulfide) groups is 1. The van der Waals surface area contributed by atoms with Gasteiger partial charge in [-0.15, -0.1) is 0 Å². The Balaban J connectivity index is 1.44. The number of rotatable bonds is 8. The molecule has 166 valence electrons. The molecule has 8 nitrogen and oxygen atoms in total. The molecule has 0 aliphatic rings. The summed E-state index contributed by atoms with van der Waals surface area (Å²) in [5.41, 5.74) is 5.62. The highest BCUT2D eigenvalue weighted by molar-refractivity contribution is 7.99. The molecule has 0 fully saturated rings. The highest BCUT2D eigenvalue weighted by Crippen LogP contribution is 2.25. The summed E-state index contributed by atoms with van der Waals surface area (Å²) >= 11 is 7.34. The maximum atomic E-state index is 12.3. The van der Waals surface area contributed by atoms with E-state index in [-0.39, 0.29) is 17.3 Å². The van der Waals surface area contributed by atoms with E-state index in [1.54, 1.807) is 0 Å². The summed E-state index contributed by atoms with van der Waals surface area (Å²) in [4.78, 5) is 27.4. The number of hydrogen-bond acceptors (Lipinski definition) is 6. The quantitative estimate of drug-likeness (QED) is 0.168. The Kier molecular flexibility index (Phi) is 7.01. The zero-order valence-corrected chi connectivity index (χ0v) is 18.8. The highest BCUT2D eigenvalue weighted by atomic mass is 35.5. The van der Waals surface area contributed by atoms with Gasteiger partial charge in [-0.25, -0.2) is 10.4 Å². The van der Waals surface area contributed by atoms with Gasteiger partial charge in [0.2, 0.25) is 0 Å². The van der Waals surface area contributed by atoms with Crippen LogP contribution in [-0.2, 0) is 11.3 Å². The number of hydrogen-bond donors (Lipinski definition) is 1. The van der Waals surface area contributed by atoms with Crippen LogP contribution in [-0.4, -0.2) is 32.3 Å². The minimum Gasteiger partial charge on any atom is -0.314 e. The van der Waals surface area contributed by atoms with E-state index in [1.807, 2.05) is 54.6 Å². The summed E-state index contributed by atoms with van der Waals surface area (Å²) in [6.07, 6.45) is 1.28. The number of para-hydroxylation sites is 2. The summed E-state index contributed by atoms with van der Waals surface area (Å²) in [5, 5.41) is 15.8. The minimum atomic E-state index is -0.523. The van der Waals surface area contributed by atoms with Crippen LogP contribution in [0, 0.1) is 10.1 Å². The van der Waals surface area contributed by atoms with E-state index < -0.39 is 4.92 Å². The Morgan fingerprint density at radius 1 is 1.15 bits per heavy atom. The van der Waals surface area contributed by atoms with E-state index in [0.717, 1.165) is 21.8 Å². The number of hydrazone groups is 1. The largest absolute Gasteiger partial charge is 0.314 e. The van der Waals surface area contributed by atoms with Crippen molar-refractivity contribution in [1.82, 2.24) is 15.0 Å². The Bertz CT molecular complexity index is 1340. The number of amides is 1. The predicted molar refractivity (Wildman–Crippen MR) is 130 cm³/mol. The van der Waals surface area contributed by atoms with E-state index in [0.29, 0.717) is 17.1 Å². The first-order valence-corrected chi connectivity index (χ1v) is 11.3. The Hall–Kier alpha value is -3.69. The van der Waals surface area contributed by atoms with Crippen LogP contribution in [0.3, 0.4) is 0 Å². The number of nitro benzene ring substituents is 1. The van der Waals surface area contributed by atoms with Gasteiger partial charge in [-0.2, -0.15) is 5.10 Å². The number of non-ortho nitro benzene ring substituents is 1. The van der Waals surface area contributed by atoms with Crippen molar-refractivity contribution in [3.8, 4) is 0 Å². The second-order valence-electron chi connectivity index (χ2n) is 7.00. The molecular formula is C23H18ClN5O3S. The van der Waals surface area contributed by atoms with Crippen LogP contribution in [0.15, 0.2) is 83.1 Å². The highest BCUT2D eigenvalue weighted by Gasteiger charge is 2.13. The smallest absolute Gasteiger partial charge is 0.270 e. The summed E-state index contributed by atoms with van der Waals surface area (Å²) < 4.78 is 2.08. The molecule has 33 heavy (non-hydrogen) atoms. The number of carbonyl (C=O) groups is 1. The first-order chi connectivity index (χ1) is 16.0. The van der Waals surface area contributed by atoms with E-state index in [1.165, 1.54) is 36.2 Å². The maximum absolute atomic E-state index is 12.3. The Morgan fingerprint density at radius 3 is 2.70 bits per heavy atom. The van der Waals surface area contributed by atoms with Gasteiger partial charge >= 0.3 is 0 Å². The lowest BCUT2D eigenvalue weighted by Gasteiger charge is -2.09. The van der Waals surface area contributed by atoms with Gasteiger partial charge in [0.05, 0.1) is 34.5 Å². The van der Waals surface area contributed by atoms with Crippen LogP contribution >= 0.6 is 23.4 Å². The first-order valence-electron chi connectivity index (χ1n) is 9.89. The third kappa shape index (κ3) is 5.57. The molecule has 0 aliphatic heterocycles. The number of nitrogens with one attached hydrogen (secondary N) is 1. The van der Waals surface area contributed by atoms with E-state index >= 15 is 0 Å². The second-order valence-corrected chi connectivity index (χ2v) is 8.35. The molecular weight excluding hydrogens is 462 g/mol. The summed E-state index contributed by atoms with van der Waals surface area (Å²) in [6.45, 7) is 0.634. The molecule has 0 unspecified atom stereocenters. The van der Waals surface area contributed by atoms with E-state index in [4.69, 9.17) is 11.6 Å². The fraction of sp³-hybridized carbons (Fsp3) is 0.0870. The Morgan fingerprint density at radius 2 is 1.91 bits per heavy atom. The molecule has 4 rings (SSSR count). The van der Waals surface area contributed by atoms with Crippen molar-refractivity contribution in [3.05, 3.63) is 99.1 Å². The van der Waals surface area contributed by atoms with Gasteiger partial charge in [0.1, 0.15) is 0 Å². The summed E-state index contributed by atoms with van der Waals surface area (Å²) in [6, 6.07) is 21.9. The standard InChI is InChI=1S/C23H18ClN5O3S/c24-19-11-10-18(29(31)32)12-17(19)13-25-27-22(30)15-33-23-26-20-8-4-5-9-21(20)28(23)14-16-6-2-1-3-7-16/h1-13H,14-15H2,(H,27,30)/b25-13-. The molecule has 4 aromatic rings. The number of benzene rings is 3. The predicted octanol–water partition coefficient (Wildman–Crippen LogP) is 4.89. The van der Waals surface area contributed by atoms with Gasteiger partial charge in [0.25, 0.3) is 11.6 Å². The number of imidazole rings is 1. The lowest BCUT2D eigenvalue weighted by Crippen LogP contribution is -2.20. The molecule has 0 aliphatic carbocycles. The van der Waals surface area contributed by atoms with Crippen LogP contribution < -0.4 is 5.43 Å². The van der Waals surface area contributed by atoms with Crippen LogP contribution in [0.25, 0.3) is 11.0 Å².